The molecule has 0 bridgehead atoms. The van der Waals surface area contributed by atoms with Crippen LogP contribution in [0.5, 0.6) is 0 Å². The number of amides is 2. The van der Waals surface area contributed by atoms with Crippen LogP contribution in [0.4, 0.5) is 4.32 Å². The first-order chi connectivity index (χ1) is 8.66. The van der Waals surface area contributed by atoms with E-state index in [2.05, 4.69) is 20.9 Å². The van der Waals surface area contributed by atoms with Crippen LogP contribution in [-0.2, 0) is 14.3 Å². The van der Waals surface area contributed by atoms with E-state index in [0.29, 0.717) is 13.1 Å². The molecule has 1 radical (unpaired) electrons. The SMILES string of the molecule is CC(=O)NCCCCCCNC(=O)CNO[B]F. The van der Waals surface area contributed by atoms with Crippen LogP contribution in [0.15, 0.2) is 0 Å². The second-order valence-corrected chi connectivity index (χ2v) is 3.78. The lowest BCUT2D eigenvalue weighted by Gasteiger charge is -2.05. The number of rotatable bonds is 11. The van der Waals surface area contributed by atoms with Gasteiger partial charge in [0.1, 0.15) is 0 Å². The summed E-state index contributed by atoms with van der Waals surface area (Å²) >= 11 is 0. The van der Waals surface area contributed by atoms with Crippen molar-refractivity contribution in [1.29, 1.82) is 0 Å². The predicted octanol–water partition coefficient (Wildman–Crippen LogP) is -0.176. The van der Waals surface area contributed by atoms with Crippen LogP contribution in [0.2, 0.25) is 0 Å². The molecule has 2 amide bonds. The standard InChI is InChI=1S/C10H20BFN3O3/c1-9(16)13-6-4-2-3-5-7-14-10(17)8-15-18-11-12/h15H,2-8H2,1H3,(H,13,16)(H,14,17). The molecule has 0 spiro atoms. The number of carbonyl (C=O) groups excluding carboxylic acids is 2. The minimum absolute atomic E-state index is 0.0116. The van der Waals surface area contributed by atoms with Crippen molar-refractivity contribution in [2.24, 2.45) is 0 Å². The number of carbonyl (C=O) groups is 2. The van der Waals surface area contributed by atoms with E-state index in [1.807, 2.05) is 0 Å². The summed E-state index contributed by atoms with van der Waals surface area (Å²) < 4.78 is 15.4. The average molecular weight is 260 g/mol. The first kappa shape index (κ1) is 16.9. The zero-order chi connectivity index (χ0) is 13.6. The molecule has 8 heteroatoms. The van der Waals surface area contributed by atoms with Gasteiger partial charge in [-0.05, 0) is 12.8 Å². The molecular formula is C10H20BFN3O3. The number of unbranched alkanes of at least 4 members (excludes halogenated alkanes) is 3. The molecule has 0 rings (SSSR count). The zero-order valence-electron chi connectivity index (χ0n) is 10.6. The molecule has 0 saturated heterocycles. The van der Waals surface area contributed by atoms with E-state index in [-0.39, 0.29) is 26.1 Å². The Bertz CT molecular complexity index is 244. The van der Waals surface area contributed by atoms with Gasteiger partial charge in [-0.25, -0.2) is 5.48 Å². The summed E-state index contributed by atoms with van der Waals surface area (Å²) in [6.07, 6.45) is 3.81. The van der Waals surface area contributed by atoms with E-state index in [1.54, 1.807) is 0 Å². The third-order valence-corrected chi connectivity index (χ3v) is 2.16. The number of hydrogen-bond donors (Lipinski definition) is 3. The van der Waals surface area contributed by atoms with Gasteiger partial charge in [0.05, 0.1) is 6.54 Å². The maximum Gasteiger partial charge on any atom is 0.553 e. The minimum atomic E-state index is -0.241. The summed E-state index contributed by atoms with van der Waals surface area (Å²) in [6.45, 7) is 2.69. The Labute approximate surface area is 107 Å². The quantitative estimate of drug-likeness (QED) is 0.273. The lowest BCUT2D eigenvalue weighted by atomic mass is 10.2. The summed E-state index contributed by atoms with van der Waals surface area (Å²) in [5.74, 6) is -0.252. The van der Waals surface area contributed by atoms with Crippen molar-refractivity contribution in [1.82, 2.24) is 16.1 Å². The second-order valence-electron chi connectivity index (χ2n) is 3.78. The Hall–Kier alpha value is -1.15. The fourth-order valence-corrected chi connectivity index (χ4v) is 1.30. The highest BCUT2D eigenvalue weighted by molar-refractivity contribution is 6.16. The Balaban J connectivity index is 3.15. The highest BCUT2D eigenvalue weighted by Gasteiger charge is 2.00. The molecule has 103 valence electrons. The van der Waals surface area contributed by atoms with Crippen molar-refractivity contribution in [3.05, 3.63) is 0 Å². The van der Waals surface area contributed by atoms with E-state index in [1.165, 1.54) is 6.92 Å². The van der Waals surface area contributed by atoms with Gasteiger partial charge in [-0.1, -0.05) is 12.8 Å². The van der Waals surface area contributed by atoms with E-state index in [4.69, 9.17) is 0 Å². The largest absolute Gasteiger partial charge is 0.553 e. The maximum atomic E-state index is 11.4. The van der Waals surface area contributed by atoms with Crippen LogP contribution in [0.1, 0.15) is 32.6 Å². The summed E-state index contributed by atoms with van der Waals surface area (Å²) in [5.41, 5.74) is 2.13. The van der Waals surface area contributed by atoms with E-state index >= 15 is 0 Å². The fraction of sp³-hybridized carbons (Fsp3) is 0.800. The molecular weight excluding hydrogens is 240 g/mol. The third kappa shape index (κ3) is 12.9. The highest BCUT2D eigenvalue weighted by Crippen LogP contribution is 1.97. The normalized spacial score (nSPS) is 9.89. The van der Waals surface area contributed by atoms with Crippen LogP contribution in [-0.4, -0.2) is 39.2 Å². The first-order valence-corrected chi connectivity index (χ1v) is 5.98. The Morgan fingerprint density at radius 3 is 2.28 bits per heavy atom. The predicted molar refractivity (Wildman–Crippen MR) is 66.1 cm³/mol. The van der Waals surface area contributed by atoms with Gasteiger partial charge in [0.2, 0.25) is 11.8 Å². The van der Waals surface area contributed by atoms with Crippen molar-refractivity contribution in [2.45, 2.75) is 32.6 Å². The van der Waals surface area contributed by atoms with Gasteiger partial charge in [-0.2, -0.15) is 0 Å². The van der Waals surface area contributed by atoms with Gasteiger partial charge in [0, 0.05) is 20.0 Å². The summed E-state index contributed by atoms with van der Waals surface area (Å²) in [6, 6.07) is 0. The molecule has 0 aliphatic carbocycles. The molecule has 0 heterocycles. The molecule has 0 unspecified atom stereocenters. The number of hydrogen-bond acceptors (Lipinski definition) is 4. The fourth-order valence-electron chi connectivity index (χ4n) is 1.30. The lowest BCUT2D eigenvalue weighted by molar-refractivity contribution is -0.121. The molecule has 0 fully saturated rings. The maximum absolute atomic E-state index is 11.4. The Kier molecular flexibility index (Phi) is 11.5. The molecule has 0 aliphatic rings. The topological polar surface area (TPSA) is 79.5 Å². The van der Waals surface area contributed by atoms with Crippen molar-refractivity contribution in [3.63, 3.8) is 0 Å². The smallest absolute Gasteiger partial charge is 0.356 e. The molecule has 18 heavy (non-hydrogen) atoms. The average Bonchev–Trinajstić information content (AvgIpc) is 2.32. The van der Waals surface area contributed by atoms with E-state index < -0.39 is 0 Å². The van der Waals surface area contributed by atoms with E-state index in [0.717, 1.165) is 25.7 Å². The van der Waals surface area contributed by atoms with Crippen molar-refractivity contribution in [3.8, 4) is 0 Å². The molecule has 3 N–H and O–H groups in total. The number of hydroxylamine groups is 1. The summed E-state index contributed by atoms with van der Waals surface area (Å²) in [5, 5.41) is 5.38. The van der Waals surface area contributed by atoms with Gasteiger partial charge >= 0.3 is 7.76 Å². The second kappa shape index (κ2) is 12.3. The zero-order valence-corrected chi connectivity index (χ0v) is 10.6. The lowest BCUT2D eigenvalue weighted by Crippen LogP contribution is -2.34. The summed E-state index contributed by atoms with van der Waals surface area (Å²) in [4.78, 5) is 21.7. The molecule has 0 aromatic rings. The van der Waals surface area contributed by atoms with Crippen molar-refractivity contribution >= 4 is 19.6 Å². The van der Waals surface area contributed by atoms with Crippen LogP contribution in [0.25, 0.3) is 0 Å². The Morgan fingerprint density at radius 2 is 1.72 bits per heavy atom. The van der Waals surface area contributed by atoms with Crippen LogP contribution in [0, 0.1) is 0 Å². The van der Waals surface area contributed by atoms with E-state index in [9.17, 15) is 13.9 Å². The molecule has 6 nitrogen and oxygen atoms in total. The van der Waals surface area contributed by atoms with Gasteiger partial charge in [-0.3, -0.25) is 13.9 Å². The van der Waals surface area contributed by atoms with Crippen molar-refractivity contribution < 1.29 is 18.7 Å². The van der Waals surface area contributed by atoms with Gasteiger partial charge in [0.15, 0.2) is 0 Å². The van der Waals surface area contributed by atoms with Crippen LogP contribution in [0.3, 0.4) is 0 Å². The van der Waals surface area contributed by atoms with Crippen molar-refractivity contribution in [2.75, 3.05) is 19.6 Å². The molecule has 0 aromatic carbocycles. The number of nitrogens with one attached hydrogen (secondary N) is 3. The third-order valence-electron chi connectivity index (χ3n) is 2.16. The minimum Gasteiger partial charge on any atom is -0.356 e. The first-order valence-electron chi connectivity index (χ1n) is 5.98. The van der Waals surface area contributed by atoms with Gasteiger partial charge in [-0.15, -0.1) is 0 Å². The Morgan fingerprint density at radius 1 is 1.11 bits per heavy atom. The van der Waals surface area contributed by atoms with Gasteiger partial charge < -0.3 is 15.4 Å². The molecule has 0 aliphatic heterocycles. The van der Waals surface area contributed by atoms with Gasteiger partial charge in [0.25, 0.3) is 0 Å². The number of halogens is 1. The molecule has 0 saturated carbocycles. The molecule has 0 aromatic heterocycles. The van der Waals surface area contributed by atoms with Crippen LogP contribution >= 0.6 is 0 Å². The monoisotopic (exact) mass is 260 g/mol. The highest BCUT2D eigenvalue weighted by atomic mass is 19.1. The molecule has 0 atom stereocenters. The van der Waals surface area contributed by atoms with Crippen LogP contribution < -0.4 is 16.1 Å². The summed E-state index contributed by atoms with van der Waals surface area (Å²) in [7, 11) is -0.0254.